The molecule has 2 aromatic rings. The molecule has 0 aliphatic carbocycles. The predicted molar refractivity (Wildman–Crippen MR) is 123 cm³/mol. The summed E-state index contributed by atoms with van der Waals surface area (Å²) in [6, 6.07) is 7.35. The Morgan fingerprint density at radius 2 is 1.84 bits per heavy atom. The lowest BCUT2D eigenvalue weighted by Gasteiger charge is -2.35. The number of nitro benzene ring substituents is 1. The Labute approximate surface area is 191 Å². The summed E-state index contributed by atoms with van der Waals surface area (Å²) in [6.45, 7) is 5.44. The summed E-state index contributed by atoms with van der Waals surface area (Å²) in [5.41, 5.74) is 0.467. The number of aromatic nitrogens is 1. The fraction of sp³-hybridized carbons (Fsp3) is 0.400. The Morgan fingerprint density at radius 3 is 2.41 bits per heavy atom. The molecule has 1 saturated heterocycles. The van der Waals surface area contributed by atoms with Gasteiger partial charge < -0.3 is 14.8 Å². The minimum atomic E-state index is -3.81. The highest BCUT2D eigenvalue weighted by atomic mass is 32.2. The third-order valence-electron chi connectivity index (χ3n) is 5.44. The normalized spacial score (nSPS) is 14.6. The molecule has 3 rings (SSSR count). The molecule has 0 unspecified atom stereocenters. The third kappa shape index (κ3) is 4.66. The number of pyridine rings is 1. The summed E-state index contributed by atoms with van der Waals surface area (Å²) < 4.78 is 27.2. The van der Waals surface area contributed by atoms with E-state index < -0.39 is 14.9 Å². The second-order valence-corrected chi connectivity index (χ2v) is 9.54. The lowest BCUT2D eigenvalue weighted by molar-refractivity contribution is -0.384. The Morgan fingerprint density at radius 1 is 1.19 bits per heavy atom. The second kappa shape index (κ2) is 9.76. The standard InChI is InChI=1S/C20H25N5O5S2/c1-3-24(4-2)32(29,30)15-7-8-17(18(14-15)25(27)28)22-10-12-23(13-11-22)20(26)16-6-5-9-21-19(16)31/h5-9,14H,3-4,10-13H2,1-2H3,(H,21,31). The van der Waals surface area contributed by atoms with Gasteiger partial charge in [-0.3, -0.25) is 14.9 Å². The van der Waals surface area contributed by atoms with Crippen molar-refractivity contribution in [2.24, 2.45) is 0 Å². The van der Waals surface area contributed by atoms with Crippen molar-refractivity contribution < 1.29 is 18.1 Å². The van der Waals surface area contributed by atoms with Crippen LogP contribution in [0.25, 0.3) is 0 Å². The van der Waals surface area contributed by atoms with Crippen molar-refractivity contribution in [3.8, 4) is 0 Å². The van der Waals surface area contributed by atoms with Crippen LogP contribution in [0.3, 0.4) is 0 Å². The van der Waals surface area contributed by atoms with Crippen molar-refractivity contribution in [3.05, 3.63) is 56.8 Å². The molecule has 1 N–H and O–H groups in total. The van der Waals surface area contributed by atoms with E-state index in [1.54, 1.807) is 42.0 Å². The van der Waals surface area contributed by atoms with E-state index in [0.717, 1.165) is 6.07 Å². The van der Waals surface area contributed by atoms with Crippen LogP contribution in [0, 0.1) is 14.8 Å². The Kier molecular flexibility index (Phi) is 7.26. The van der Waals surface area contributed by atoms with Crippen LogP contribution in [-0.4, -0.2) is 72.7 Å². The zero-order valence-electron chi connectivity index (χ0n) is 17.9. The summed E-state index contributed by atoms with van der Waals surface area (Å²) in [5.74, 6) is -0.193. The lowest BCUT2D eigenvalue weighted by Crippen LogP contribution is -2.49. The van der Waals surface area contributed by atoms with Crippen LogP contribution in [0.5, 0.6) is 0 Å². The SMILES string of the molecule is CCN(CC)S(=O)(=O)c1ccc(N2CCN(C(=O)c3ccc[nH]c3=S)CC2)c([N+](=O)[O-])c1. The monoisotopic (exact) mass is 479 g/mol. The van der Waals surface area contributed by atoms with Crippen LogP contribution in [0.4, 0.5) is 11.4 Å². The molecular weight excluding hydrogens is 454 g/mol. The summed E-state index contributed by atoms with van der Waals surface area (Å²) in [5, 5.41) is 11.7. The summed E-state index contributed by atoms with van der Waals surface area (Å²) in [7, 11) is -3.81. The number of sulfonamides is 1. The maximum Gasteiger partial charge on any atom is 0.293 e. The topological polar surface area (TPSA) is 120 Å². The molecule has 0 atom stereocenters. The van der Waals surface area contributed by atoms with Crippen molar-refractivity contribution in [1.82, 2.24) is 14.2 Å². The smallest absolute Gasteiger partial charge is 0.293 e. The highest BCUT2D eigenvalue weighted by Crippen LogP contribution is 2.32. The molecule has 1 aliphatic heterocycles. The highest BCUT2D eigenvalue weighted by molar-refractivity contribution is 7.89. The first kappa shape index (κ1) is 23.8. The number of nitrogens with zero attached hydrogens (tertiary/aromatic N) is 4. The maximum atomic E-state index is 12.8. The summed E-state index contributed by atoms with van der Waals surface area (Å²) in [4.78, 5) is 30.1. The number of rotatable bonds is 7. The van der Waals surface area contributed by atoms with Gasteiger partial charge in [0.1, 0.15) is 10.3 Å². The van der Waals surface area contributed by atoms with Crippen molar-refractivity contribution in [2.75, 3.05) is 44.2 Å². The highest BCUT2D eigenvalue weighted by Gasteiger charge is 2.30. The van der Waals surface area contributed by atoms with Gasteiger partial charge in [-0.1, -0.05) is 26.1 Å². The van der Waals surface area contributed by atoms with Gasteiger partial charge in [-0.05, 0) is 24.3 Å². The third-order valence-corrected chi connectivity index (χ3v) is 7.83. The Bertz CT molecular complexity index is 1170. The van der Waals surface area contributed by atoms with E-state index >= 15 is 0 Å². The van der Waals surface area contributed by atoms with Crippen LogP contribution in [-0.2, 0) is 10.0 Å². The van der Waals surface area contributed by atoms with Crippen LogP contribution >= 0.6 is 12.2 Å². The van der Waals surface area contributed by atoms with Gasteiger partial charge in [-0.15, -0.1) is 0 Å². The maximum absolute atomic E-state index is 12.8. The molecule has 0 radical (unpaired) electrons. The van der Waals surface area contributed by atoms with Crippen LogP contribution in [0.1, 0.15) is 24.2 Å². The number of hydrogen-bond acceptors (Lipinski definition) is 7. The van der Waals surface area contributed by atoms with E-state index in [-0.39, 0.29) is 29.6 Å². The molecule has 1 aromatic heterocycles. The molecule has 32 heavy (non-hydrogen) atoms. The number of piperazine rings is 1. The first-order valence-corrected chi connectivity index (χ1v) is 12.1. The number of hydrogen-bond donors (Lipinski definition) is 1. The zero-order chi connectivity index (χ0) is 23.5. The number of aromatic amines is 1. The molecule has 12 heteroatoms. The Hall–Kier alpha value is -2.83. The zero-order valence-corrected chi connectivity index (χ0v) is 19.5. The lowest BCUT2D eigenvalue weighted by atomic mass is 10.2. The molecule has 0 spiro atoms. The van der Waals surface area contributed by atoms with E-state index in [2.05, 4.69) is 4.98 Å². The number of carbonyl (C=O) groups is 1. The van der Waals surface area contributed by atoms with Gasteiger partial charge in [0.2, 0.25) is 10.0 Å². The van der Waals surface area contributed by atoms with Gasteiger partial charge in [-0.25, -0.2) is 8.42 Å². The molecule has 0 saturated carbocycles. The average molecular weight is 480 g/mol. The van der Waals surface area contributed by atoms with Crippen LogP contribution < -0.4 is 4.90 Å². The van der Waals surface area contributed by atoms with Crippen molar-refractivity contribution in [1.29, 1.82) is 0 Å². The quantitative estimate of drug-likeness (QED) is 0.368. The second-order valence-electron chi connectivity index (χ2n) is 7.19. The molecule has 1 fully saturated rings. The first-order chi connectivity index (χ1) is 15.2. The van der Waals surface area contributed by atoms with E-state index in [0.29, 0.717) is 42.1 Å². The van der Waals surface area contributed by atoms with Crippen molar-refractivity contribution in [2.45, 2.75) is 18.7 Å². The number of benzene rings is 1. The molecule has 1 aliphatic rings. The molecule has 10 nitrogen and oxygen atoms in total. The number of anilines is 1. The van der Waals surface area contributed by atoms with Gasteiger partial charge in [0.05, 0.1) is 15.4 Å². The average Bonchev–Trinajstić information content (AvgIpc) is 2.79. The molecule has 0 bridgehead atoms. The van der Waals surface area contributed by atoms with Crippen LogP contribution in [0.15, 0.2) is 41.4 Å². The number of nitrogens with one attached hydrogen (secondary N) is 1. The number of H-pyrrole nitrogens is 1. The predicted octanol–water partition coefficient (Wildman–Crippen LogP) is 2.65. The minimum absolute atomic E-state index is 0.108. The van der Waals surface area contributed by atoms with Gasteiger partial charge >= 0.3 is 0 Å². The largest absolute Gasteiger partial charge is 0.362 e. The minimum Gasteiger partial charge on any atom is -0.362 e. The van der Waals surface area contributed by atoms with E-state index in [1.807, 2.05) is 0 Å². The van der Waals surface area contributed by atoms with Crippen LogP contribution in [0.2, 0.25) is 0 Å². The summed E-state index contributed by atoms with van der Waals surface area (Å²) >= 11 is 5.18. The van der Waals surface area contributed by atoms with Gasteiger partial charge in [0.15, 0.2) is 0 Å². The van der Waals surface area contributed by atoms with Crippen molar-refractivity contribution in [3.63, 3.8) is 0 Å². The van der Waals surface area contributed by atoms with E-state index in [1.165, 1.54) is 16.4 Å². The fourth-order valence-corrected chi connectivity index (χ4v) is 5.40. The van der Waals surface area contributed by atoms with Gasteiger partial charge in [0, 0.05) is 51.5 Å². The van der Waals surface area contributed by atoms with E-state index in [4.69, 9.17) is 12.2 Å². The molecule has 1 amide bonds. The number of carbonyl (C=O) groups excluding carboxylic acids is 1. The molecular formula is C20H25N5O5S2. The van der Waals surface area contributed by atoms with Crippen molar-refractivity contribution >= 4 is 39.5 Å². The number of nitro groups is 1. The molecule has 1 aromatic carbocycles. The van der Waals surface area contributed by atoms with E-state index in [9.17, 15) is 23.3 Å². The van der Waals surface area contributed by atoms with Gasteiger partial charge in [0.25, 0.3) is 11.6 Å². The molecule has 172 valence electrons. The number of amides is 1. The molecule has 2 heterocycles. The summed E-state index contributed by atoms with van der Waals surface area (Å²) in [6.07, 6.45) is 1.65. The fourth-order valence-electron chi connectivity index (χ4n) is 3.70. The van der Waals surface area contributed by atoms with Gasteiger partial charge in [-0.2, -0.15) is 4.31 Å². The Balaban J connectivity index is 1.82. The first-order valence-electron chi connectivity index (χ1n) is 10.2.